The molecule has 0 N–H and O–H groups in total. The van der Waals surface area contributed by atoms with Gasteiger partial charge in [-0.1, -0.05) is 29.3 Å². The number of rotatable bonds is 8. The average Bonchev–Trinajstić information content (AvgIpc) is 2.34. The molecule has 0 unspecified atom stereocenters. The van der Waals surface area contributed by atoms with E-state index in [4.69, 9.17) is 20.2 Å². The van der Waals surface area contributed by atoms with Gasteiger partial charge >= 0.3 is 0 Å². The van der Waals surface area contributed by atoms with Crippen LogP contribution in [0.4, 0.5) is 0 Å². The van der Waals surface area contributed by atoms with E-state index >= 15 is 0 Å². The van der Waals surface area contributed by atoms with Crippen LogP contribution >= 0.6 is 26.6 Å². The number of halogens is 2. The Morgan fingerprint density at radius 3 is 2.63 bits per heavy atom. The maximum absolute atomic E-state index is 11.4. The van der Waals surface area contributed by atoms with Gasteiger partial charge in [0.25, 0.3) is 9.05 Å². The van der Waals surface area contributed by atoms with E-state index in [-0.39, 0.29) is 17.3 Å². The Morgan fingerprint density at radius 2 is 2.00 bits per heavy atom. The molecule has 1 aromatic carbocycles. The molecule has 0 fully saturated rings. The number of hydrogen-bond donors (Lipinski definition) is 0. The summed E-state index contributed by atoms with van der Waals surface area (Å²) in [6, 6.07) is 4.67. The van der Waals surface area contributed by atoms with Gasteiger partial charge in [0.15, 0.2) is 0 Å². The van der Waals surface area contributed by atoms with Gasteiger partial charge in [-0.05, 0) is 24.6 Å². The lowest BCUT2D eigenvalue weighted by Crippen LogP contribution is -2.09. The molecular weight excluding hydrogens is 356 g/mol. The molecule has 0 radical (unpaired) electrons. The smallest absolute Gasteiger partial charge is 0.265 e. The fraction of sp³-hybridized carbons (Fsp3) is 0.500. The van der Waals surface area contributed by atoms with E-state index in [9.17, 15) is 8.42 Å². The molecule has 1 aromatic rings. The average molecular weight is 372 g/mol. The molecule has 1 rings (SSSR count). The third-order valence-corrected chi connectivity index (χ3v) is 4.13. The Bertz CT molecular complexity index is 504. The zero-order valence-corrected chi connectivity index (χ0v) is 13.7. The van der Waals surface area contributed by atoms with Gasteiger partial charge in [-0.25, -0.2) is 8.42 Å². The second kappa shape index (κ2) is 8.09. The number of unbranched alkanes of at least 4 members (excludes halogenated alkanes) is 1. The van der Waals surface area contributed by atoms with Crippen LogP contribution in [-0.2, 0) is 13.8 Å². The van der Waals surface area contributed by atoms with Crippen molar-refractivity contribution in [3.8, 4) is 5.75 Å². The third kappa shape index (κ3) is 6.12. The molecule has 108 valence electrons. The van der Waals surface area contributed by atoms with Crippen LogP contribution in [0.15, 0.2) is 27.6 Å². The third-order valence-electron chi connectivity index (χ3n) is 2.30. The van der Waals surface area contributed by atoms with Gasteiger partial charge in [0.05, 0.1) is 6.61 Å². The van der Waals surface area contributed by atoms with Crippen molar-refractivity contribution in [2.75, 3.05) is 19.8 Å². The van der Waals surface area contributed by atoms with E-state index in [1.54, 1.807) is 12.1 Å². The van der Waals surface area contributed by atoms with E-state index in [0.29, 0.717) is 17.7 Å². The second-order valence-electron chi connectivity index (χ2n) is 3.84. The summed E-state index contributed by atoms with van der Waals surface area (Å²) < 4.78 is 34.2. The lowest BCUT2D eigenvalue weighted by molar-refractivity contribution is 0.0971. The Balaban J connectivity index is 2.59. The van der Waals surface area contributed by atoms with Crippen molar-refractivity contribution in [2.24, 2.45) is 0 Å². The van der Waals surface area contributed by atoms with Crippen LogP contribution in [0.2, 0.25) is 0 Å². The molecule has 0 aliphatic carbocycles. The van der Waals surface area contributed by atoms with Crippen molar-refractivity contribution < 1.29 is 17.9 Å². The highest BCUT2D eigenvalue weighted by Crippen LogP contribution is 2.29. The van der Waals surface area contributed by atoms with Crippen molar-refractivity contribution >= 4 is 35.7 Å². The molecular formula is C12H16BrClO4S. The summed E-state index contributed by atoms with van der Waals surface area (Å²) in [5.41, 5.74) is 0. The van der Waals surface area contributed by atoms with Crippen LogP contribution in [0.3, 0.4) is 0 Å². The van der Waals surface area contributed by atoms with Gasteiger partial charge in [-0.15, -0.1) is 0 Å². The van der Waals surface area contributed by atoms with E-state index < -0.39 is 9.05 Å². The summed E-state index contributed by atoms with van der Waals surface area (Å²) in [5.74, 6) is 0.234. The molecule has 0 aliphatic rings. The highest BCUT2D eigenvalue weighted by atomic mass is 79.9. The van der Waals surface area contributed by atoms with Crippen molar-refractivity contribution in [1.82, 2.24) is 0 Å². The summed E-state index contributed by atoms with van der Waals surface area (Å²) >= 11 is 3.20. The second-order valence-corrected chi connectivity index (χ2v) is 7.29. The van der Waals surface area contributed by atoms with Crippen LogP contribution in [0, 0.1) is 0 Å². The lowest BCUT2D eigenvalue weighted by Gasteiger charge is -2.10. The predicted molar refractivity (Wildman–Crippen MR) is 78.4 cm³/mol. The zero-order chi connectivity index (χ0) is 14.3. The van der Waals surface area contributed by atoms with Crippen molar-refractivity contribution in [3.05, 3.63) is 22.7 Å². The van der Waals surface area contributed by atoms with Gasteiger partial charge in [0, 0.05) is 21.8 Å². The van der Waals surface area contributed by atoms with E-state index in [0.717, 1.165) is 12.8 Å². The van der Waals surface area contributed by atoms with E-state index in [1.807, 2.05) is 0 Å². The molecule has 0 aromatic heterocycles. The Hall–Kier alpha value is -0.300. The van der Waals surface area contributed by atoms with Crippen LogP contribution < -0.4 is 4.74 Å². The fourth-order valence-corrected chi connectivity index (χ4v) is 2.86. The molecule has 0 heterocycles. The minimum Gasteiger partial charge on any atom is -0.490 e. The first-order valence-corrected chi connectivity index (χ1v) is 9.00. The van der Waals surface area contributed by atoms with Crippen LogP contribution in [-0.4, -0.2) is 28.2 Å². The number of hydrogen-bond acceptors (Lipinski definition) is 4. The SMILES string of the molecule is CCCCOCCOc1ccc(Br)cc1S(=O)(=O)Cl. The first-order valence-electron chi connectivity index (χ1n) is 5.90. The topological polar surface area (TPSA) is 52.6 Å². The van der Waals surface area contributed by atoms with Crippen molar-refractivity contribution in [3.63, 3.8) is 0 Å². The standard InChI is InChI=1S/C12H16BrClO4S/c1-2-3-6-17-7-8-18-11-5-4-10(13)9-12(11)19(14,15)16/h4-5,9H,2-3,6-8H2,1H3. The van der Waals surface area contributed by atoms with Gasteiger partial charge in [0.1, 0.15) is 17.3 Å². The maximum atomic E-state index is 11.4. The minimum absolute atomic E-state index is 0.0444. The summed E-state index contributed by atoms with van der Waals surface area (Å²) in [5, 5.41) is 0. The molecule has 0 atom stereocenters. The summed E-state index contributed by atoms with van der Waals surface area (Å²) in [7, 11) is 1.53. The molecule has 0 amide bonds. The van der Waals surface area contributed by atoms with Crippen LogP contribution in [0.25, 0.3) is 0 Å². The van der Waals surface area contributed by atoms with Crippen LogP contribution in [0.1, 0.15) is 19.8 Å². The monoisotopic (exact) mass is 370 g/mol. The lowest BCUT2D eigenvalue weighted by atomic mass is 10.3. The molecule has 0 aliphatic heterocycles. The Morgan fingerprint density at radius 1 is 1.26 bits per heavy atom. The maximum Gasteiger partial charge on any atom is 0.265 e. The first-order chi connectivity index (χ1) is 8.95. The van der Waals surface area contributed by atoms with Crippen molar-refractivity contribution in [2.45, 2.75) is 24.7 Å². The minimum atomic E-state index is -3.83. The first kappa shape index (κ1) is 16.8. The highest BCUT2D eigenvalue weighted by Gasteiger charge is 2.17. The Labute approximate surface area is 126 Å². The highest BCUT2D eigenvalue weighted by molar-refractivity contribution is 9.10. The Kier molecular flexibility index (Phi) is 7.13. The van der Waals surface area contributed by atoms with Gasteiger partial charge in [-0.2, -0.15) is 0 Å². The number of ether oxygens (including phenoxy) is 2. The van der Waals surface area contributed by atoms with E-state index in [1.165, 1.54) is 6.07 Å². The molecule has 0 saturated heterocycles. The largest absolute Gasteiger partial charge is 0.490 e. The fourth-order valence-electron chi connectivity index (χ4n) is 1.35. The number of benzene rings is 1. The summed E-state index contributed by atoms with van der Waals surface area (Å²) in [6.45, 7) is 3.46. The van der Waals surface area contributed by atoms with Crippen molar-refractivity contribution in [1.29, 1.82) is 0 Å². The van der Waals surface area contributed by atoms with Crippen LogP contribution in [0.5, 0.6) is 5.75 Å². The molecule has 19 heavy (non-hydrogen) atoms. The molecule has 4 nitrogen and oxygen atoms in total. The summed E-state index contributed by atoms with van der Waals surface area (Å²) in [6.07, 6.45) is 2.07. The normalized spacial score (nSPS) is 11.5. The quantitative estimate of drug-likeness (QED) is 0.518. The molecule has 0 saturated carbocycles. The molecule has 7 heteroatoms. The van der Waals surface area contributed by atoms with E-state index in [2.05, 4.69) is 22.9 Å². The van der Waals surface area contributed by atoms with Gasteiger partial charge < -0.3 is 9.47 Å². The zero-order valence-electron chi connectivity index (χ0n) is 10.6. The molecule has 0 spiro atoms. The predicted octanol–water partition coefficient (Wildman–Crippen LogP) is 3.57. The van der Waals surface area contributed by atoms with Gasteiger partial charge in [-0.3, -0.25) is 0 Å². The summed E-state index contributed by atoms with van der Waals surface area (Å²) in [4.78, 5) is -0.0444. The van der Waals surface area contributed by atoms with Gasteiger partial charge in [0.2, 0.25) is 0 Å². The molecule has 0 bridgehead atoms.